The van der Waals surface area contributed by atoms with Crippen LogP contribution in [0.25, 0.3) is 5.70 Å². The molecule has 6 aromatic rings. The van der Waals surface area contributed by atoms with E-state index in [4.69, 9.17) is 4.74 Å². The molecule has 0 unspecified atom stereocenters. The number of halogens is 1. The number of methoxy groups -OCH3 is 1. The first kappa shape index (κ1) is 38.5. The Morgan fingerprint density at radius 1 is 0.593 bits per heavy atom. The number of rotatable bonds is 9. The van der Waals surface area contributed by atoms with Crippen molar-refractivity contribution in [1.82, 2.24) is 4.90 Å². The summed E-state index contributed by atoms with van der Waals surface area (Å²) in [7, 11) is 1.78. The average Bonchev–Trinajstić information content (AvgIpc) is 3.61. The molecule has 5 heteroatoms. The van der Waals surface area contributed by atoms with Crippen molar-refractivity contribution in [2.24, 2.45) is 0 Å². The van der Waals surface area contributed by atoms with Crippen molar-refractivity contribution in [3.8, 4) is 5.75 Å². The number of anilines is 1. The van der Waals surface area contributed by atoms with Gasteiger partial charge in [-0.1, -0.05) is 145 Å². The Hall–Kier alpha value is -5.25. The zero-order chi connectivity index (χ0) is 35.6. The molecule has 0 fully saturated rings. The van der Waals surface area contributed by atoms with Crippen LogP contribution in [-0.4, -0.2) is 12.0 Å². The summed E-state index contributed by atoms with van der Waals surface area (Å²) in [5.74, 6) is 0.712. The molecule has 54 heavy (non-hydrogen) atoms. The van der Waals surface area contributed by atoms with E-state index in [1.165, 1.54) is 61.3 Å². The van der Waals surface area contributed by atoms with E-state index in [1.54, 1.807) is 7.11 Å². The molecule has 0 spiro atoms. The molecule has 0 bridgehead atoms. The van der Waals surface area contributed by atoms with Crippen molar-refractivity contribution in [2.45, 2.75) is 32.6 Å². The minimum Gasteiger partial charge on any atom is -1.00 e. The molecule has 0 saturated heterocycles. The molecule has 8 rings (SSSR count). The van der Waals surface area contributed by atoms with Gasteiger partial charge in [-0.25, -0.2) is 0 Å². The fourth-order valence-electron chi connectivity index (χ4n) is 8.17. The van der Waals surface area contributed by atoms with Crippen LogP contribution in [0.4, 0.5) is 5.69 Å². The van der Waals surface area contributed by atoms with Crippen molar-refractivity contribution in [3.63, 3.8) is 0 Å². The zero-order valence-electron chi connectivity index (χ0n) is 30.9. The fraction of sp³-hybridized carbons (Fsp3) is 0.122. The summed E-state index contributed by atoms with van der Waals surface area (Å²) in [4.78, 5) is 4.71. The zero-order valence-corrected chi connectivity index (χ0v) is 32.6. The molecule has 3 nitrogen and oxygen atoms in total. The molecular weight excluding hydrogens is 732 g/mol. The van der Waals surface area contributed by atoms with Crippen LogP contribution in [0.1, 0.15) is 67.5 Å². The first-order valence-corrected chi connectivity index (χ1v) is 18.0. The SMILES string of the molecule is COc1cc(C(c2ccccc2)c2ccccc2)c(N2C=C3C=CC=C(c4c(C)cc(C)cc4C)N3[CH-]2)c(C(c2ccccc2)c2ccccc2)c1.[Cl-].[Cu+2]. The third kappa shape index (κ3) is 7.43. The van der Waals surface area contributed by atoms with E-state index in [2.05, 4.69) is 207 Å². The first-order valence-electron chi connectivity index (χ1n) is 18.0. The normalized spacial score (nSPS) is 13.2. The van der Waals surface area contributed by atoms with Crippen molar-refractivity contribution in [1.29, 1.82) is 0 Å². The van der Waals surface area contributed by atoms with Crippen molar-refractivity contribution in [2.75, 3.05) is 12.0 Å². The standard InChI is InChI=1S/C49H43N2O.ClH.Cu/c1-34-28-35(2)46(36(3)29-34)45-27-17-26-41-32-50(33-51(41)45)49-43(47(37-18-9-5-10-19-37)38-20-11-6-12-21-38)30-42(52-4)31-44(49)48(39-22-13-7-14-23-39)40-24-15-8-16-25-40;;/h5-33,47-48H,1-4H3;1H;/q-1;;+2/p-1. The monoisotopic (exact) mass is 773 g/mol. The second-order valence-electron chi connectivity index (χ2n) is 13.8. The molecule has 273 valence electrons. The molecular formula is C49H43ClCuN2O. The van der Waals surface area contributed by atoms with Gasteiger partial charge in [0.1, 0.15) is 5.75 Å². The number of benzene rings is 6. The number of aryl methyl sites for hydroxylation is 3. The molecule has 2 heterocycles. The molecule has 0 aromatic heterocycles. The topological polar surface area (TPSA) is 15.7 Å². The van der Waals surface area contributed by atoms with Crippen LogP contribution in [-0.2, 0) is 17.1 Å². The molecule has 0 atom stereocenters. The number of allylic oxidation sites excluding steroid dienone is 3. The van der Waals surface area contributed by atoms with Gasteiger partial charge in [0.15, 0.2) is 0 Å². The third-order valence-corrected chi connectivity index (χ3v) is 10.3. The summed E-state index contributed by atoms with van der Waals surface area (Å²) in [5, 5.41) is 0. The Balaban J connectivity index is 0.00000249. The van der Waals surface area contributed by atoms with Crippen LogP contribution in [0.2, 0.25) is 0 Å². The molecule has 0 amide bonds. The summed E-state index contributed by atoms with van der Waals surface area (Å²) >= 11 is 0. The number of hydrogen-bond donors (Lipinski definition) is 0. The van der Waals surface area contributed by atoms with Gasteiger partial charge in [0.2, 0.25) is 0 Å². The molecule has 0 aliphatic carbocycles. The largest absolute Gasteiger partial charge is 2.00 e. The molecule has 1 radical (unpaired) electrons. The van der Waals surface area contributed by atoms with Crippen molar-refractivity contribution < 1.29 is 34.2 Å². The molecule has 0 N–H and O–H groups in total. The summed E-state index contributed by atoms with van der Waals surface area (Å²) in [6.45, 7) is 8.89. The smallest absolute Gasteiger partial charge is 1.00 e. The van der Waals surface area contributed by atoms with Gasteiger partial charge in [0, 0.05) is 34.5 Å². The fourth-order valence-corrected chi connectivity index (χ4v) is 8.17. The van der Waals surface area contributed by atoms with Gasteiger partial charge < -0.3 is 26.9 Å². The maximum atomic E-state index is 6.19. The summed E-state index contributed by atoms with van der Waals surface area (Å²) in [5.41, 5.74) is 15.8. The van der Waals surface area contributed by atoms with Gasteiger partial charge in [-0.05, 0) is 95.8 Å². The van der Waals surface area contributed by atoms with Crippen LogP contribution in [0.3, 0.4) is 0 Å². The van der Waals surface area contributed by atoms with Gasteiger partial charge in [-0.15, -0.1) is 6.67 Å². The van der Waals surface area contributed by atoms with Crippen LogP contribution in [0.5, 0.6) is 5.75 Å². The van der Waals surface area contributed by atoms with E-state index < -0.39 is 0 Å². The second kappa shape index (κ2) is 16.8. The number of fused-ring (bicyclic) bond motifs is 1. The second-order valence-corrected chi connectivity index (χ2v) is 13.8. The minimum atomic E-state index is -0.0602. The molecule has 2 aliphatic heterocycles. The summed E-state index contributed by atoms with van der Waals surface area (Å²) < 4.78 is 6.19. The van der Waals surface area contributed by atoms with Crippen molar-refractivity contribution in [3.05, 3.63) is 238 Å². The van der Waals surface area contributed by atoms with E-state index in [0.717, 1.165) is 17.1 Å². The predicted octanol–water partition coefficient (Wildman–Crippen LogP) is 8.68. The van der Waals surface area contributed by atoms with Gasteiger partial charge in [0.05, 0.1) is 7.11 Å². The maximum absolute atomic E-state index is 6.19. The molecule has 2 aliphatic rings. The van der Waals surface area contributed by atoms with Crippen LogP contribution >= 0.6 is 0 Å². The van der Waals surface area contributed by atoms with E-state index in [9.17, 15) is 0 Å². The number of ether oxygens (including phenoxy) is 1. The van der Waals surface area contributed by atoms with Gasteiger partial charge in [-0.2, -0.15) is 0 Å². The number of nitrogens with zero attached hydrogens (tertiary/aromatic N) is 2. The van der Waals surface area contributed by atoms with E-state index in [-0.39, 0.29) is 41.3 Å². The first-order chi connectivity index (χ1) is 25.5. The van der Waals surface area contributed by atoms with E-state index in [1.807, 2.05) is 0 Å². The van der Waals surface area contributed by atoms with Crippen molar-refractivity contribution >= 4 is 11.4 Å². The van der Waals surface area contributed by atoms with E-state index >= 15 is 0 Å². The summed E-state index contributed by atoms with van der Waals surface area (Å²) in [6.07, 6.45) is 8.92. The maximum Gasteiger partial charge on any atom is 2.00 e. The Morgan fingerprint density at radius 2 is 1.02 bits per heavy atom. The Bertz CT molecular complexity index is 2100. The van der Waals surface area contributed by atoms with Crippen LogP contribution in [0, 0.1) is 27.4 Å². The third-order valence-electron chi connectivity index (χ3n) is 10.3. The quantitative estimate of drug-likeness (QED) is 0.0832. The van der Waals surface area contributed by atoms with Gasteiger partial charge >= 0.3 is 17.1 Å². The van der Waals surface area contributed by atoms with E-state index in [0.29, 0.717) is 0 Å². The molecule has 0 saturated carbocycles. The number of hydrogen-bond acceptors (Lipinski definition) is 3. The van der Waals surface area contributed by atoms with Gasteiger partial charge in [-0.3, -0.25) is 0 Å². The Kier molecular flexibility index (Phi) is 12.0. The predicted molar refractivity (Wildman–Crippen MR) is 215 cm³/mol. The van der Waals surface area contributed by atoms with Crippen LogP contribution in [0.15, 0.2) is 176 Å². The molecule has 6 aromatic carbocycles. The summed E-state index contributed by atoms with van der Waals surface area (Å²) in [6, 6.07) is 52.5. The van der Waals surface area contributed by atoms with Gasteiger partial charge in [0.25, 0.3) is 0 Å². The van der Waals surface area contributed by atoms with Crippen LogP contribution < -0.4 is 22.0 Å². The average molecular weight is 775 g/mol. The Morgan fingerprint density at radius 3 is 1.43 bits per heavy atom. The minimum absolute atomic E-state index is 0. The Labute approximate surface area is 337 Å².